The third-order valence-electron chi connectivity index (χ3n) is 18.5. The lowest BCUT2D eigenvalue weighted by Crippen LogP contribution is -2.36. The van der Waals surface area contributed by atoms with Crippen LogP contribution < -0.4 is 42.1 Å². The van der Waals surface area contributed by atoms with Crippen LogP contribution in [-0.2, 0) is 50.3 Å². The van der Waals surface area contributed by atoms with Gasteiger partial charge in [0.15, 0.2) is 0 Å². The molecule has 14 heterocycles. The smallest absolute Gasteiger partial charge is 0.254 e. The molecule has 1 atom stereocenters. The van der Waals surface area contributed by atoms with E-state index in [9.17, 15) is 19.2 Å². The molecule has 7 N–H and O–H groups in total. The van der Waals surface area contributed by atoms with Crippen molar-refractivity contribution in [3.8, 4) is 33.4 Å². The van der Waals surface area contributed by atoms with Crippen molar-refractivity contribution in [2.45, 2.75) is 38.9 Å². The average Bonchev–Trinajstić information content (AvgIpc) is 1.68. The molecular weight excluding hydrogens is 1220 g/mol. The number of pyridine rings is 6. The molecule has 4 amide bonds. The molecule has 2 saturated heterocycles. The molecule has 5 aliphatic heterocycles. The molecule has 23 heteroatoms. The van der Waals surface area contributed by atoms with Crippen molar-refractivity contribution < 1.29 is 28.7 Å². The molecule has 0 spiro atoms. The van der Waals surface area contributed by atoms with E-state index in [0.717, 1.165) is 152 Å². The number of morpholine rings is 1. The highest BCUT2D eigenvalue weighted by molar-refractivity contribution is 6.10. The number of hydrogen-bond acceptors (Lipinski definition) is 16. The predicted molar refractivity (Wildman–Crippen MR) is 374 cm³/mol. The first kappa shape index (κ1) is 61.4. The van der Waals surface area contributed by atoms with Crippen LogP contribution >= 0.6 is 0 Å². The lowest BCUT2D eigenvalue weighted by Gasteiger charge is -2.28. The lowest BCUT2D eigenvalue weighted by molar-refractivity contribution is 0.0949. The molecule has 2 fully saturated rings. The van der Waals surface area contributed by atoms with E-state index in [0.29, 0.717) is 71.7 Å². The summed E-state index contributed by atoms with van der Waals surface area (Å²) in [6, 6.07) is 35.7. The molecule has 0 radical (unpaired) electrons. The molecule has 0 bridgehead atoms. The van der Waals surface area contributed by atoms with E-state index in [-0.39, 0.29) is 23.6 Å². The third kappa shape index (κ3) is 11.8. The van der Waals surface area contributed by atoms with Gasteiger partial charge in [0.1, 0.15) is 34.4 Å². The van der Waals surface area contributed by atoms with Crippen molar-refractivity contribution >= 4 is 96.9 Å². The molecule has 17 rings (SSSR count). The highest BCUT2D eigenvalue weighted by Crippen LogP contribution is 2.42. The number of amides is 4. The highest BCUT2D eigenvalue weighted by atomic mass is 16.5. The Hall–Kier alpha value is -11.8. The van der Waals surface area contributed by atoms with E-state index in [1.165, 1.54) is 11.8 Å². The molecule has 0 aliphatic carbocycles. The van der Waals surface area contributed by atoms with Gasteiger partial charge in [0, 0.05) is 139 Å². The number of ether oxygens (including phenoxy) is 2. The number of rotatable bonds is 13. The van der Waals surface area contributed by atoms with Crippen molar-refractivity contribution in [3.05, 3.63) is 209 Å². The number of fused-ring (bicyclic) bond motifs is 6. The second-order valence-corrected chi connectivity index (χ2v) is 24.4. The topological polar surface area (TPSA) is 266 Å². The number of nitrogens with one attached hydrogen (secondary N) is 7. The Balaban J connectivity index is 0.000000119. The number of aryl methyl sites for hydroxylation is 3. The summed E-state index contributed by atoms with van der Waals surface area (Å²) in [7, 11) is 5.93. The molecule has 5 aliphatic rings. The molecule has 12 aromatic rings. The SMILES string of the molecule is CCNC(=O)c1ccc(Nc2ccc(-c3ccnc4c3ccn4C)c3c2C(=O)NC3)nc1.Cn1ccc2c(-c3ccc(Nc4ccc(C5CCOC5)cn4)c4c3CNC4=O)ccnc21.Cn1ccc2c(-c3ccc(Nc4ccc(N5CCOCC5)cn4)c4c3CNC4=O)ccnc21. The maximum atomic E-state index is 12.8. The van der Waals surface area contributed by atoms with Gasteiger partial charge in [0.2, 0.25) is 0 Å². The molecule has 1 unspecified atom stereocenters. The standard InChI is InChI=1S/C25H24N6O2.C25H23N5O2.C24H22N6O2/c1-30-9-7-19-18(6-8-26-24(19)30)17-3-4-21(23-20(17)15-28-25(23)32)29-22-5-2-16(14-27-22)31-10-12-33-13-11-31;1-30-10-7-19-18(6-9-26-24(19)30)17-3-4-21(23-20(17)13-28-25(23)31)29-22-5-2-15(12-27-22)16-8-11-32-14-16;1-3-25-23(31)14-4-7-20(27-12-14)29-19-6-5-15(18-13-28-24(32)21(18)19)16-8-10-26-22-17(16)9-11-30(22)2/h2-9,14H,10-13,15H2,1H3,(H,27,29)(H,28,32);2-7,9-10,12,16H,8,11,13-14H2,1H3,(H,27,29)(H,28,31);4-12H,3,13H2,1-2H3,(H,25,31)(H,27,29)(H,28,32). The van der Waals surface area contributed by atoms with Gasteiger partial charge in [0.25, 0.3) is 23.6 Å². The predicted octanol–water partition coefficient (Wildman–Crippen LogP) is 11.0. The zero-order chi connectivity index (χ0) is 66.3. The Bertz CT molecular complexity index is 5050. The van der Waals surface area contributed by atoms with Gasteiger partial charge in [-0.25, -0.2) is 29.9 Å². The maximum Gasteiger partial charge on any atom is 0.254 e. The van der Waals surface area contributed by atoms with E-state index < -0.39 is 0 Å². The van der Waals surface area contributed by atoms with Crippen LogP contribution in [0.25, 0.3) is 66.5 Å². The summed E-state index contributed by atoms with van der Waals surface area (Å²) < 4.78 is 16.9. The third-order valence-corrected chi connectivity index (χ3v) is 18.5. The Morgan fingerprint density at radius 3 is 1.32 bits per heavy atom. The first-order chi connectivity index (χ1) is 47.4. The zero-order valence-electron chi connectivity index (χ0n) is 53.9. The number of anilines is 7. The molecule has 97 heavy (non-hydrogen) atoms. The second-order valence-electron chi connectivity index (χ2n) is 24.4. The Kier molecular flexibility index (Phi) is 16.6. The van der Waals surface area contributed by atoms with E-state index in [1.807, 2.05) is 146 Å². The number of hydrogen-bond donors (Lipinski definition) is 7. The fraction of sp³-hybridized carbons (Fsp3) is 0.216. The van der Waals surface area contributed by atoms with Gasteiger partial charge in [-0.3, -0.25) is 19.2 Å². The van der Waals surface area contributed by atoms with Gasteiger partial charge in [-0.2, -0.15) is 0 Å². The summed E-state index contributed by atoms with van der Waals surface area (Å²) in [5.74, 6) is 1.97. The summed E-state index contributed by atoms with van der Waals surface area (Å²) in [4.78, 5) is 79.4. The van der Waals surface area contributed by atoms with Crippen LogP contribution in [0, 0.1) is 0 Å². The minimum atomic E-state index is -0.166. The van der Waals surface area contributed by atoms with Crippen LogP contribution in [-0.4, -0.2) is 113 Å². The van der Waals surface area contributed by atoms with Gasteiger partial charge in [0.05, 0.1) is 71.0 Å². The summed E-state index contributed by atoms with van der Waals surface area (Å²) >= 11 is 0. The van der Waals surface area contributed by atoms with E-state index in [4.69, 9.17) is 9.47 Å². The van der Waals surface area contributed by atoms with Crippen molar-refractivity contribution in [2.24, 2.45) is 21.1 Å². The van der Waals surface area contributed by atoms with Crippen molar-refractivity contribution in [1.82, 2.24) is 64.9 Å². The Labute approximate surface area is 557 Å². The van der Waals surface area contributed by atoms with Gasteiger partial charge >= 0.3 is 0 Å². The number of carbonyl (C=O) groups excluding carboxylic acids is 4. The lowest BCUT2D eigenvalue weighted by atomic mass is 9.94. The number of carbonyl (C=O) groups is 4. The van der Waals surface area contributed by atoms with Crippen molar-refractivity contribution in [3.63, 3.8) is 0 Å². The van der Waals surface area contributed by atoms with Gasteiger partial charge in [-0.1, -0.05) is 24.3 Å². The maximum absolute atomic E-state index is 12.8. The van der Waals surface area contributed by atoms with Crippen LogP contribution in [0.2, 0.25) is 0 Å². The van der Waals surface area contributed by atoms with E-state index >= 15 is 0 Å². The minimum Gasteiger partial charge on any atom is -0.381 e. The van der Waals surface area contributed by atoms with E-state index in [1.54, 1.807) is 18.3 Å². The zero-order valence-corrected chi connectivity index (χ0v) is 53.9. The summed E-state index contributed by atoms with van der Waals surface area (Å²) in [6.45, 7) is 8.66. The summed E-state index contributed by atoms with van der Waals surface area (Å²) in [5.41, 5.74) is 18.9. The van der Waals surface area contributed by atoms with Crippen LogP contribution in [0.3, 0.4) is 0 Å². The van der Waals surface area contributed by atoms with Crippen LogP contribution in [0.15, 0.2) is 165 Å². The fourth-order valence-corrected chi connectivity index (χ4v) is 13.6. The molecule has 0 saturated carbocycles. The largest absolute Gasteiger partial charge is 0.381 e. The normalized spacial score (nSPS) is 15.2. The average molecular weight is 1290 g/mol. The number of benzene rings is 3. The monoisotopic (exact) mass is 1290 g/mol. The van der Waals surface area contributed by atoms with Gasteiger partial charge in [-0.05, 0) is 154 Å². The number of nitrogens with zero attached hydrogens (tertiary/aromatic N) is 10. The van der Waals surface area contributed by atoms with Crippen LogP contribution in [0.4, 0.5) is 40.2 Å². The van der Waals surface area contributed by atoms with E-state index in [2.05, 4.69) is 108 Å². The van der Waals surface area contributed by atoms with Gasteiger partial charge in [-0.15, -0.1) is 0 Å². The van der Waals surface area contributed by atoms with Crippen LogP contribution in [0.5, 0.6) is 0 Å². The first-order valence-electron chi connectivity index (χ1n) is 32.4. The quantitative estimate of drug-likeness (QED) is 0.0566. The molecule has 23 nitrogen and oxygen atoms in total. The highest BCUT2D eigenvalue weighted by Gasteiger charge is 2.31. The molecular formula is C74H69N17O6. The summed E-state index contributed by atoms with van der Waals surface area (Å²) in [5, 5.41) is 24.8. The van der Waals surface area contributed by atoms with Crippen LogP contribution in [0.1, 0.15) is 82.9 Å². The van der Waals surface area contributed by atoms with Crippen molar-refractivity contribution in [2.75, 3.05) is 66.9 Å². The Morgan fingerprint density at radius 1 is 0.485 bits per heavy atom. The Morgan fingerprint density at radius 2 is 0.928 bits per heavy atom. The van der Waals surface area contributed by atoms with Crippen molar-refractivity contribution in [1.29, 1.82) is 0 Å². The molecule has 9 aromatic heterocycles. The fourth-order valence-electron chi connectivity index (χ4n) is 13.6. The molecule has 3 aromatic carbocycles. The van der Waals surface area contributed by atoms with Gasteiger partial charge < -0.3 is 65.3 Å². The molecule has 486 valence electrons. The minimum absolute atomic E-state index is 0.0672. The first-order valence-corrected chi connectivity index (χ1v) is 32.4. The second kappa shape index (κ2) is 26.2. The summed E-state index contributed by atoms with van der Waals surface area (Å²) in [6.07, 6.45) is 17.8. The number of aromatic nitrogens is 9.